The number of aromatic nitrogens is 3. The van der Waals surface area contributed by atoms with E-state index in [0.717, 1.165) is 24.5 Å². The lowest BCUT2D eigenvalue weighted by Gasteiger charge is -2.16. The Kier molecular flexibility index (Phi) is 3.88. The molecule has 0 aliphatic rings. The fraction of sp³-hybridized carbons (Fsp3) is 0.385. The van der Waals surface area contributed by atoms with E-state index in [1.54, 1.807) is 0 Å². The lowest BCUT2D eigenvalue weighted by atomic mass is 10.1. The molecule has 0 aliphatic heterocycles. The van der Waals surface area contributed by atoms with Crippen molar-refractivity contribution in [1.29, 1.82) is 0 Å². The van der Waals surface area contributed by atoms with Crippen LogP contribution < -0.4 is 5.32 Å². The van der Waals surface area contributed by atoms with E-state index in [4.69, 9.17) is 0 Å². The van der Waals surface area contributed by atoms with Crippen LogP contribution in [0.2, 0.25) is 0 Å². The van der Waals surface area contributed by atoms with E-state index in [0.29, 0.717) is 0 Å². The first kappa shape index (κ1) is 11.8. The van der Waals surface area contributed by atoms with Crippen molar-refractivity contribution in [2.45, 2.75) is 25.9 Å². The summed E-state index contributed by atoms with van der Waals surface area (Å²) in [5, 5.41) is 3.27. The van der Waals surface area contributed by atoms with Crippen LogP contribution >= 0.6 is 0 Å². The maximum absolute atomic E-state index is 4.44. The van der Waals surface area contributed by atoms with Gasteiger partial charge in [0.1, 0.15) is 11.9 Å². The molecule has 0 aliphatic carbocycles. The van der Waals surface area contributed by atoms with Crippen LogP contribution in [0.1, 0.15) is 30.9 Å². The van der Waals surface area contributed by atoms with Gasteiger partial charge in [-0.1, -0.05) is 13.0 Å². The average Bonchev–Trinajstić information content (AvgIpc) is 2.81. The second-order valence-electron chi connectivity index (χ2n) is 3.96. The topological polar surface area (TPSA) is 42.7 Å². The van der Waals surface area contributed by atoms with E-state index in [1.165, 1.54) is 0 Å². The molecule has 0 saturated heterocycles. The zero-order valence-corrected chi connectivity index (χ0v) is 10.3. The van der Waals surface area contributed by atoms with Crippen molar-refractivity contribution >= 4 is 0 Å². The van der Waals surface area contributed by atoms with Crippen LogP contribution in [0.3, 0.4) is 0 Å². The van der Waals surface area contributed by atoms with Crippen LogP contribution in [0.15, 0.2) is 36.8 Å². The first-order valence-corrected chi connectivity index (χ1v) is 5.96. The van der Waals surface area contributed by atoms with Crippen LogP contribution in [0, 0.1) is 0 Å². The standard InChI is InChI=1S/C13H18N4/c1-3-9-17-10-8-16-13(17)12(14-2)11-6-4-5-7-15-11/h4-8,10,12,14H,3,9H2,1-2H3. The predicted molar refractivity (Wildman–Crippen MR) is 67.7 cm³/mol. The van der Waals surface area contributed by atoms with Gasteiger partial charge in [-0.3, -0.25) is 4.98 Å². The van der Waals surface area contributed by atoms with Gasteiger partial charge in [0.25, 0.3) is 0 Å². The van der Waals surface area contributed by atoms with E-state index in [-0.39, 0.29) is 6.04 Å². The molecule has 17 heavy (non-hydrogen) atoms. The molecule has 90 valence electrons. The molecule has 0 bridgehead atoms. The Balaban J connectivity index is 2.32. The fourth-order valence-electron chi connectivity index (χ4n) is 1.97. The summed E-state index contributed by atoms with van der Waals surface area (Å²) < 4.78 is 2.18. The van der Waals surface area contributed by atoms with Crippen molar-refractivity contribution in [3.63, 3.8) is 0 Å². The Labute approximate surface area is 102 Å². The van der Waals surface area contributed by atoms with E-state index in [1.807, 2.05) is 43.8 Å². The summed E-state index contributed by atoms with van der Waals surface area (Å²) in [5.74, 6) is 1.02. The molecule has 2 aromatic rings. The van der Waals surface area contributed by atoms with E-state index >= 15 is 0 Å². The average molecular weight is 230 g/mol. The van der Waals surface area contributed by atoms with Gasteiger partial charge in [0, 0.05) is 25.1 Å². The van der Waals surface area contributed by atoms with Crippen molar-refractivity contribution in [3.05, 3.63) is 48.3 Å². The first-order chi connectivity index (χ1) is 8.36. The van der Waals surface area contributed by atoms with Gasteiger partial charge in [-0.25, -0.2) is 4.98 Å². The van der Waals surface area contributed by atoms with Gasteiger partial charge >= 0.3 is 0 Å². The van der Waals surface area contributed by atoms with Gasteiger partial charge in [-0.2, -0.15) is 0 Å². The van der Waals surface area contributed by atoms with Crippen molar-refractivity contribution in [1.82, 2.24) is 19.9 Å². The van der Waals surface area contributed by atoms with E-state index < -0.39 is 0 Å². The molecule has 4 nitrogen and oxygen atoms in total. The minimum absolute atomic E-state index is 0.0535. The number of nitrogens with one attached hydrogen (secondary N) is 1. The third-order valence-corrected chi connectivity index (χ3v) is 2.74. The van der Waals surface area contributed by atoms with Crippen molar-refractivity contribution in [3.8, 4) is 0 Å². The lowest BCUT2D eigenvalue weighted by molar-refractivity contribution is 0.559. The SMILES string of the molecule is CCCn1ccnc1C(NC)c1ccccn1. The Hall–Kier alpha value is -1.68. The number of imidazole rings is 1. The van der Waals surface area contributed by atoms with Crippen LogP contribution in [-0.2, 0) is 6.54 Å². The summed E-state index contributed by atoms with van der Waals surface area (Å²) >= 11 is 0. The molecule has 2 heterocycles. The quantitative estimate of drug-likeness (QED) is 0.854. The number of hydrogen-bond donors (Lipinski definition) is 1. The smallest absolute Gasteiger partial charge is 0.132 e. The van der Waals surface area contributed by atoms with Gasteiger partial charge in [0.15, 0.2) is 0 Å². The monoisotopic (exact) mass is 230 g/mol. The normalized spacial score (nSPS) is 12.6. The van der Waals surface area contributed by atoms with Crippen LogP contribution in [0.5, 0.6) is 0 Å². The highest BCUT2D eigenvalue weighted by atomic mass is 15.1. The van der Waals surface area contributed by atoms with Crippen LogP contribution in [0.25, 0.3) is 0 Å². The molecule has 0 amide bonds. The van der Waals surface area contributed by atoms with Crippen molar-refractivity contribution in [2.24, 2.45) is 0 Å². The largest absolute Gasteiger partial charge is 0.333 e. The Morgan fingerprint density at radius 3 is 2.82 bits per heavy atom. The summed E-state index contributed by atoms with van der Waals surface area (Å²) in [7, 11) is 1.93. The van der Waals surface area contributed by atoms with Gasteiger partial charge in [-0.15, -0.1) is 0 Å². The third-order valence-electron chi connectivity index (χ3n) is 2.74. The molecule has 1 N–H and O–H groups in total. The third kappa shape index (κ3) is 2.53. The van der Waals surface area contributed by atoms with Gasteiger partial charge in [-0.05, 0) is 25.6 Å². The Morgan fingerprint density at radius 1 is 1.29 bits per heavy atom. The highest BCUT2D eigenvalue weighted by Gasteiger charge is 2.17. The lowest BCUT2D eigenvalue weighted by Crippen LogP contribution is -2.22. The number of aryl methyl sites for hydroxylation is 1. The molecule has 4 heteroatoms. The highest BCUT2D eigenvalue weighted by molar-refractivity contribution is 5.17. The van der Waals surface area contributed by atoms with Crippen LogP contribution in [-0.4, -0.2) is 21.6 Å². The molecule has 0 saturated carbocycles. The predicted octanol–water partition coefficient (Wildman–Crippen LogP) is 2.00. The molecule has 0 spiro atoms. The zero-order valence-electron chi connectivity index (χ0n) is 10.3. The summed E-state index contributed by atoms with van der Waals surface area (Å²) in [6.07, 6.45) is 6.78. The maximum Gasteiger partial charge on any atom is 0.132 e. The second kappa shape index (κ2) is 5.59. The Morgan fingerprint density at radius 2 is 2.18 bits per heavy atom. The number of nitrogens with zero attached hydrogens (tertiary/aromatic N) is 3. The Bertz CT molecular complexity index is 449. The molecule has 0 radical (unpaired) electrons. The molecule has 2 rings (SSSR count). The molecule has 1 unspecified atom stereocenters. The van der Waals surface area contributed by atoms with Gasteiger partial charge in [0.2, 0.25) is 0 Å². The van der Waals surface area contributed by atoms with Crippen molar-refractivity contribution in [2.75, 3.05) is 7.05 Å². The number of hydrogen-bond acceptors (Lipinski definition) is 3. The van der Waals surface area contributed by atoms with E-state index in [9.17, 15) is 0 Å². The minimum Gasteiger partial charge on any atom is -0.333 e. The molecule has 1 atom stereocenters. The molecule has 0 fully saturated rings. The fourth-order valence-corrected chi connectivity index (χ4v) is 1.97. The molecule has 0 aromatic carbocycles. The van der Waals surface area contributed by atoms with Crippen molar-refractivity contribution < 1.29 is 0 Å². The molecule has 2 aromatic heterocycles. The maximum atomic E-state index is 4.44. The summed E-state index contributed by atoms with van der Waals surface area (Å²) in [6.45, 7) is 3.15. The van der Waals surface area contributed by atoms with Gasteiger partial charge < -0.3 is 9.88 Å². The number of rotatable bonds is 5. The second-order valence-corrected chi connectivity index (χ2v) is 3.96. The van der Waals surface area contributed by atoms with Crippen LogP contribution in [0.4, 0.5) is 0 Å². The zero-order chi connectivity index (χ0) is 12.1. The summed E-state index contributed by atoms with van der Waals surface area (Å²) in [6, 6.07) is 6.00. The molecular formula is C13H18N4. The minimum atomic E-state index is 0.0535. The highest BCUT2D eigenvalue weighted by Crippen LogP contribution is 2.18. The summed E-state index contributed by atoms with van der Waals surface area (Å²) in [4.78, 5) is 8.83. The first-order valence-electron chi connectivity index (χ1n) is 5.96. The summed E-state index contributed by atoms with van der Waals surface area (Å²) in [5.41, 5.74) is 0.999. The van der Waals surface area contributed by atoms with E-state index in [2.05, 4.69) is 26.8 Å². The number of pyridine rings is 1. The van der Waals surface area contributed by atoms with Gasteiger partial charge in [0.05, 0.1) is 5.69 Å². The molecular weight excluding hydrogens is 212 g/mol.